The third kappa shape index (κ3) is 3.63. The second-order valence-electron chi connectivity index (χ2n) is 6.17. The number of nitriles is 1. The van der Waals surface area contributed by atoms with Crippen molar-refractivity contribution in [3.8, 4) is 6.07 Å². The molecule has 1 aromatic heterocycles. The predicted molar refractivity (Wildman–Crippen MR) is 103 cm³/mol. The topological polar surface area (TPSA) is 79.9 Å². The summed E-state index contributed by atoms with van der Waals surface area (Å²) in [7, 11) is 0. The monoisotopic (exact) mass is 422 g/mol. The fraction of sp³-hybridized carbons (Fsp3) is 0.150. The normalized spacial score (nSPS) is 15.6. The molecule has 1 aliphatic rings. The zero-order valence-electron chi connectivity index (χ0n) is 14.2. The van der Waals surface area contributed by atoms with E-state index in [1.807, 2.05) is 24.3 Å². The molecule has 134 valence electrons. The summed E-state index contributed by atoms with van der Waals surface area (Å²) < 4.78 is 8.75. The molecule has 7 heteroatoms. The molecular weight excluding hydrogens is 408 g/mol. The molecule has 2 aromatic carbocycles. The van der Waals surface area contributed by atoms with E-state index in [1.165, 1.54) is 0 Å². The maximum Gasteiger partial charge on any atom is 0.276 e. The Bertz CT molecular complexity index is 1040. The highest BCUT2D eigenvalue weighted by Gasteiger charge is 2.24. The number of ether oxygens (including phenoxy) is 1. The molecular formula is C20H15BrN4O2. The quantitative estimate of drug-likeness (QED) is 0.690. The van der Waals surface area contributed by atoms with Crippen LogP contribution in [-0.2, 0) is 17.9 Å². The van der Waals surface area contributed by atoms with E-state index in [9.17, 15) is 4.79 Å². The second-order valence-corrected chi connectivity index (χ2v) is 7.08. The average molecular weight is 423 g/mol. The summed E-state index contributed by atoms with van der Waals surface area (Å²) in [6.07, 6.45) is -0.110. The third-order valence-corrected chi connectivity index (χ3v) is 4.93. The number of anilines is 1. The first-order valence-corrected chi connectivity index (χ1v) is 9.17. The van der Waals surface area contributed by atoms with Crippen LogP contribution in [-0.4, -0.2) is 15.7 Å². The van der Waals surface area contributed by atoms with E-state index in [0.29, 0.717) is 30.1 Å². The number of nitrogens with one attached hydrogen (secondary N) is 1. The molecule has 4 rings (SSSR count). The SMILES string of the molecule is N#Cc1ccccc1NC(=O)c1cc2n(n1)CC(c1ccc(Br)cc1)OC2. The number of para-hydroxylation sites is 1. The Morgan fingerprint density at radius 2 is 2.04 bits per heavy atom. The molecule has 0 aliphatic carbocycles. The highest BCUT2D eigenvalue weighted by Crippen LogP contribution is 2.27. The lowest BCUT2D eigenvalue weighted by atomic mass is 10.1. The van der Waals surface area contributed by atoms with Gasteiger partial charge in [0.25, 0.3) is 5.91 Å². The number of rotatable bonds is 3. The van der Waals surface area contributed by atoms with Crippen LogP contribution in [0.15, 0.2) is 59.1 Å². The zero-order chi connectivity index (χ0) is 18.8. The summed E-state index contributed by atoms with van der Waals surface area (Å²) in [5.41, 5.74) is 3.10. The van der Waals surface area contributed by atoms with Gasteiger partial charge >= 0.3 is 0 Å². The van der Waals surface area contributed by atoms with Gasteiger partial charge in [0.15, 0.2) is 5.69 Å². The number of carbonyl (C=O) groups is 1. The number of fused-ring (bicyclic) bond motifs is 1. The van der Waals surface area contributed by atoms with Crippen LogP contribution in [0.5, 0.6) is 0 Å². The van der Waals surface area contributed by atoms with E-state index in [4.69, 9.17) is 10.00 Å². The van der Waals surface area contributed by atoms with Crippen molar-refractivity contribution < 1.29 is 9.53 Å². The van der Waals surface area contributed by atoms with Gasteiger partial charge in [-0.2, -0.15) is 10.4 Å². The number of aromatic nitrogens is 2. The maximum atomic E-state index is 12.5. The minimum absolute atomic E-state index is 0.110. The highest BCUT2D eigenvalue weighted by atomic mass is 79.9. The lowest BCUT2D eigenvalue weighted by Gasteiger charge is -2.24. The molecule has 1 atom stereocenters. The zero-order valence-corrected chi connectivity index (χ0v) is 15.8. The summed E-state index contributed by atoms with van der Waals surface area (Å²) in [5.74, 6) is -0.347. The standard InChI is InChI=1S/C20H15BrN4O2/c21-15-7-5-13(6-8-15)19-11-25-16(12-27-19)9-18(24-25)20(26)23-17-4-2-1-3-14(17)10-22/h1-9,19H,11-12H2,(H,23,26). The number of hydrogen-bond donors (Lipinski definition) is 1. The average Bonchev–Trinajstić information content (AvgIpc) is 3.12. The Balaban J connectivity index is 1.52. The van der Waals surface area contributed by atoms with Crippen molar-refractivity contribution in [1.29, 1.82) is 5.26 Å². The van der Waals surface area contributed by atoms with Gasteiger partial charge < -0.3 is 10.1 Å². The first-order valence-electron chi connectivity index (χ1n) is 8.38. The van der Waals surface area contributed by atoms with Gasteiger partial charge in [-0.05, 0) is 35.9 Å². The summed E-state index contributed by atoms with van der Waals surface area (Å²) in [6, 6.07) is 18.6. The van der Waals surface area contributed by atoms with Crippen LogP contribution in [0.2, 0.25) is 0 Å². The molecule has 0 saturated carbocycles. The van der Waals surface area contributed by atoms with Crippen molar-refractivity contribution in [1.82, 2.24) is 9.78 Å². The molecule has 0 spiro atoms. The number of amides is 1. The molecule has 27 heavy (non-hydrogen) atoms. The molecule has 0 radical (unpaired) electrons. The number of nitrogens with zero attached hydrogens (tertiary/aromatic N) is 3. The van der Waals surface area contributed by atoms with E-state index in [1.54, 1.807) is 35.0 Å². The minimum Gasteiger partial charge on any atom is -0.365 e. The van der Waals surface area contributed by atoms with Crippen molar-refractivity contribution in [3.63, 3.8) is 0 Å². The molecule has 1 aliphatic heterocycles. The van der Waals surface area contributed by atoms with E-state index in [2.05, 4.69) is 32.4 Å². The van der Waals surface area contributed by atoms with Crippen LogP contribution in [0.4, 0.5) is 5.69 Å². The van der Waals surface area contributed by atoms with Gasteiger partial charge in [-0.15, -0.1) is 0 Å². The van der Waals surface area contributed by atoms with E-state index in [0.717, 1.165) is 15.7 Å². The molecule has 3 aromatic rings. The molecule has 1 N–H and O–H groups in total. The largest absolute Gasteiger partial charge is 0.365 e. The van der Waals surface area contributed by atoms with Gasteiger partial charge in [-0.1, -0.05) is 40.2 Å². The van der Waals surface area contributed by atoms with E-state index < -0.39 is 0 Å². The smallest absolute Gasteiger partial charge is 0.276 e. The van der Waals surface area contributed by atoms with Gasteiger partial charge in [0.1, 0.15) is 12.2 Å². The van der Waals surface area contributed by atoms with Gasteiger partial charge in [-0.3, -0.25) is 9.48 Å². The number of hydrogen-bond acceptors (Lipinski definition) is 4. The summed E-state index contributed by atoms with van der Waals surface area (Å²) in [6.45, 7) is 0.925. The summed E-state index contributed by atoms with van der Waals surface area (Å²) in [5, 5.41) is 16.3. The Labute approximate surface area is 164 Å². The molecule has 0 fully saturated rings. The Morgan fingerprint density at radius 1 is 1.26 bits per heavy atom. The molecule has 1 amide bonds. The molecule has 2 heterocycles. The van der Waals surface area contributed by atoms with Crippen LogP contribution in [0.1, 0.15) is 33.4 Å². The Morgan fingerprint density at radius 3 is 2.81 bits per heavy atom. The summed E-state index contributed by atoms with van der Waals surface area (Å²) >= 11 is 3.43. The van der Waals surface area contributed by atoms with E-state index in [-0.39, 0.29) is 12.0 Å². The van der Waals surface area contributed by atoms with Crippen LogP contribution >= 0.6 is 15.9 Å². The second kappa shape index (κ2) is 7.35. The number of benzene rings is 2. The first kappa shape index (κ1) is 17.5. The van der Waals surface area contributed by atoms with Crippen molar-refractivity contribution in [2.24, 2.45) is 0 Å². The van der Waals surface area contributed by atoms with Gasteiger partial charge in [-0.25, -0.2) is 0 Å². The van der Waals surface area contributed by atoms with Crippen LogP contribution < -0.4 is 5.32 Å². The maximum absolute atomic E-state index is 12.5. The van der Waals surface area contributed by atoms with Crippen molar-refractivity contribution in [2.45, 2.75) is 19.3 Å². The number of halogens is 1. The highest BCUT2D eigenvalue weighted by molar-refractivity contribution is 9.10. The lowest BCUT2D eigenvalue weighted by Crippen LogP contribution is -2.22. The van der Waals surface area contributed by atoms with E-state index >= 15 is 0 Å². The van der Waals surface area contributed by atoms with Crippen molar-refractivity contribution in [3.05, 3.63) is 81.6 Å². The molecule has 6 nitrogen and oxygen atoms in total. The molecule has 0 bridgehead atoms. The first-order chi connectivity index (χ1) is 13.1. The molecule has 0 saturated heterocycles. The Hall–Kier alpha value is -2.95. The van der Waals surface area contributed by atoms with Gasteiger partial charge in [0.05, 0.1) is 30.1 Å². The van der Waals surface area contributed by atoms with Gasteiger partial charge in [0, 0.05) is 4.47 Å². The Kier molecular flexibility index (Phi) is 4.75. The van der Waals surface area contributed by atoms with Crippen molar-refractivity contribution >= 4 is 27.5 Å². The third-order valence-electron chi connectivity index (χ3n) is 4.40. The van der Waals surface area contributed by atoms with Crippen LogP contribution in [0, 0.1) is 11.3 Å². The minimum atomic E-state index is -0.347. The van der Waals surface area contributed by atoms with Crippen LogP contribution in [0.25, 0.3) is 0 Å². The van der Waals surface area contributed by atoms with Gasteiger partial charge in [0.2, 0.25) is 0 Å². The summed E-state index contributed by atoms with van der Waals surface area (Å²) in [4.78, 5) is 12.5. The fourth-order valence-electron chi connectivity index (χ4n) is 2.99. The van der Waals surface area contributed by atoms with Crippen molar-refractivity contribution in [2.75, 3.05) is 5.32 Å². The number of carbonyl (C=O) groups excluding carboxylic acids is 1. The molecule has 1 unspecified atom stereocenters. The lowest BCUT2D eigenvalue weighted by molar-refractivity contribution is -0.00119. The fourth-order valence-corrected chi connectivity index (χ4v) is 3.26. The van der Waals surface area contributed by atoms with Crippen LogP contribution in [0.3, 0.4) is 0 Å². The predicted octanol–water partition coefficient (Wildman–Crippen LogP) is 4.04.